The first-order valence-electron chi connectivity index (χ1n) is 13.7. The van der Waals surface area contributed by atoms with E-state index in [1.807, 2.05) is 54.6 Å². The number of azo groups is 1. The first kappa shape index (κ1) is 33.0. The monoisotopic (exact) mass is 559 g/mol. The molecule has 6 heteroatoms. The third-order valence-electron chi connectivity index (χ3n) is 5.71. The van der Waals surface area contributed by atoms with Crippen LogP contribution in [0.2, 0.25) is 0 Å². The van der Waals surface area contributed by atoms with E-state index in [9.17, 15) is 5.11 Å². The van der Waals surface area contributed by atoms with Crippen LogP contribution in [0.1, 0.15) is 49.9 Å². The lowest BCUT2D eigenvalue weighted by atomic mass is 10.0. The predicted molar refractivity (Wildman–Crippen MR) is 170 cm³/mol. The Morgan fingerprint density at radius 1 is 0.667 bits per heavy atom. The average Bonchev–Trinajstić information content (AvgIpc) is 2.99. The molecule has 0 bridgehead atoms. The van der Waals surface area contributed by atoms with Crippen molar-refractivity contribution >= 4 is 17.1 Å². The molecule has 0 aliphatic heterocycles. The highest BCUT2D eigenvalue weighted by Gasteiger charge is 2.04. The van der Waals surface area contributed by atoms with Gasteiger partial charge in [-0.2, -0.15) is 10.6 Å². The van der Waals surface area contributed by atoms with E-state index in [0.29, 0.717) is 34.6 Å². The molecule has 4 aromatic carbocycles. The molecule has 0 aliphatic carbocycles. The van der Waals surface area contributed by atoms with E-state index in [1.165, 1.54) is 5.56 Å². The van der Waals surface area contributed by atoms with Crippen LogP contribution in [0, 0.1) is 36.5 Å². The summed E-state index contributed by atoms with van der Waals surface area (Å²) in [5.41, 5.74) is 10.8. The number of benzene rings is 4. The van der Waals surface area contributed by atoms with Gasteiger partial charge in [0.25, 0.3) is 0 Å². The van der Waals surface area contributed by atoms with E-state index in [-0.39, 0.29) is 5.75 Å². The molecule has 0 atom stereocenters. The molecule has 0 radical (unpaired) electrons. The highest BCUT2D eigenvalue weighted by Crippen LogP contribution is 2.30. The SMILES string of the molecule is C#Cc1cccc(N=Nc2cc(CC(C)C)ccc2O)c1.C#Cc1cccc(N=[NH2+])c1.CC(C)Cc1ccc(O)cc1. The van der Waals surface area contributed by atoms with Gasteiger partial charge in [0.05, 0.1) is 5.69 Å². The molecule has 0 heterocycles. The molecule has 0 saturated heterocycles. The Bertz CT molecular complexity index is 1540. The Labute approximate surface area is 249 Å². The molecule has 0 aromatic heterocycles. The lowest BCUT2D eigenvalue weighted by Gasteiger charge is -2.06. The summed E-state index contributed by atoms with van der Waals surface area (Å²) in [6, 6.07) is 27.3. The summed E-state index contributed by atoms with van der Waals surface area (Å²) >= 11 is 0. The molecule has 4 N–H and O–H groups in total. The Morgan fingerprint density at radius 2 is 1.19 bits per heavy atom. The Hall–Kier alpha value is -5.20. The van der Waals surface area contributed by atoms with Crippen molar-refractivity contribution in [3.8, 4) is 36.2 Å². The van der Waals surface area contributed by atoms with Crippen LogP contribution in [-0.2, 0) is 12.8 Å². The van der Waals surface area contributed by atoms with Gasteiger partial charge in [-0.1, -0.05) is 69.9 Å². The molecule has 0 spiro atoms. The second-order valence-electron chi connectivity index (χ2n) is 10.4. The zero-order valence-electron chi connectivity index (χ0n) is 24.7. The standard InChI is InChI=1S/C18H18N2O.C10H14O.C8H6N2/c1-4-14-6-5-7-16(11-14)19-20-17-12-15(10-13(2)3)8-9-18(17)21;1-8(2)7-9-3-5-10(11)6-4-9;1-2-7-4-3-5-8(6-7)10-9/h1,5-9,11-13,21H,10H2,2-3H3;3-6,8,11H,7H2,1-2H3;1,3-6,9H/p+1. The van der Waals surface area contributed by atoms with E-state index in [2.05, 4.69) is 54.9 Å². The van der Waals surface area contributed by atoms with Crippen LogP contribution in [0.4, 0.5) is 17.1 Å². The van der Waals surface area contributed by atoms with Crippen molar-refractivity contribution < 1.29 is 15.7 Å². The molecule has 214 valence electrons. The Balaban J connectivity index is 0.000000246. The second kappa shape index (κ2) is 17.5. The van der Waals surface area contributed by atoms with Crippen molar-refractivity contribution in [3.63, 3.8) is 0 Å². The average molecular weight is 560 g/mol. The molecule has 0 unspecified atom stereocenters. The van der Waals surface area contributed by atoms with Gasteiger partial charge in [0.15, 0.2) is 0 Å². The molecule has 0 fully saturated rings. The number of nitrogens with zero attached hydrogens (tertiary/aromatic N) is 3. The van der Waals surface area contributed by atoms with Gasteiger partial charge < -0.3 is 10.2 Å². The molecule has 4 rings (SSSR count). The number of rotatable bonds is 7. The van der Waals surface area contributed by atoms with Crippen LogP contribution in [-0.4, -0.2) is 10.2 Å². The highest BCUT2D eigenvalue weighted by atomic mass is 16.3. The van der Waals surface area contributed by atoms with Gasteiger partial charge in [-0.3, -0.25) is 0 Å². The number of hydrogen-bond donors (Lipinski definition) is 3. The van der Waals surface area contributed by atoms with Crippen LogP contribution in [0.3, 0.4) is 0 Å². The van der Waals surface area contributed by atoms with Crippen molar-refractivity contribution in [3.05, 3.63) is 113 Å². The van der Waals surface area contributed by atoms with Crippen LogP contribution < -0.4 is 5.53 Å². The quantitative estimate of drug-likeness (QED) is 0.157. The van der Waals surface area contributed by atoms with Gasteiger partial charge >= 0.3 is 0 Å². The molecular weight excluding hydrogens is 520 g/mol. The fourth-order valence-electron chi connectivity index (χ4n) is 3.80. The van der Waals surface area contributed by atoms with Gasteiger partial charge in [0.1, 0.15) is 22.9 Å². The van der Waals surface area contributed by atoms with E-state index in [4.69, 9.17) is 23.5 Å². The van der Waals surface area contributed by atoms with Gasteiger partial charge in [0, 0.05) is 11.1 Å². The minimum Gasteiger partial charge on any atom is -0.508 e. The van der Waals surface area contributed by atoms with Crippen molar-refractivity contribution in [2.45, 2.75) is 40.5 Å². The fraction of sp³-hybridized carbons (Fsp3) is 0.222. The fourth-order valence-corrected chi connectivity index (χ4v) is 3.80. The van der Waals surface area contributed by atoms with Crippen LogP contribution in [0.25, 0.3) is 0 Å². The molecular formula is C36H39N4O2+. The zero-order chi connectivity index (χ0) is 30.9. The Morgan fingerprint density at radius 3 is 1.74 bits per heavy atom. The summed E-state index contributed by atoms with van der Waals surface area (Å²) in [5, 5.41) is 30.6. The van der Waals surface area contributed by atoms with Gasteiger partial charge in [0.2, 0.25) is 0 Å². The van der Waals surface area contributed by atoms with Crippen LogP contribution >= 0.6 is 0 Å². The maximum absolute atomic E-state index is 9.86. The third-order valence-corrected chi connectivity index (χ3v) is 5.71. The number of terminal acetylenes is 2. The number of hydrogen-bond acceptors (Lipinski definition) is 5. The van der Waals surface area contributed by atoms with Crippen molar-refractivity contribution in [1.82, 2.24) is 0 Å². The molecule has 0 aliphatic rings. The Kier molecular flexibility index (Phi) is 13.7. The molecule has 42 heavy (non-hydrogen) atoms. The first-order chi connectivity index (χ1) is 20.1. The molecule has 4 aromatic rings. The lowest BCUT2D eigenvalue weighted by molar-refractivity contribution is -0.210. The highest BCUT2D eigenvalue weighted by molar-refractivity contribution is 5.53. The maximum atomic E-state index is 9.86. The minimum absolute atomic E-state index is 0.124. The van der Waals surface area contributed by atoms with Gasteiger partial charge in [-0.05, 0) is 102 Å². The van der Waals surface area contributed by atoms with Crippen LogP contribution in [0.5, 0.6) is 11.5 Å². The van der Waals surface area contributed by atoms with Crippen molar-refractivity contribution in [2.24, 2.45) is 27.2 Å². The van der Waals surface area contributed by atoms with Crippen molar-refractivity contribution in [2.75, 3.05) is 0 Å². The topological polar surface area (TPSA) is 103 Å². The van der Waals surface area contributed by atoms with Gasteiger partial charge in [-0.25, -0.2) is 0 Å². The minimum atomic E-state index is 0.124. The molecule has 0 amide bonds. The summed E-state index contributed by atoms with van der Waals surface area (Å²) in [5.74, 6) is 6.74. The summed E-state index contributed by atoms with van der Waals surface area (Å²) in [6.45, 7) is 8.68. The largest absolute Gasteiger partial charge is 0.508 e. The van der Waals surface area contributed by atoms with Crippen molar-refractivity contribution in [1.29, 1.82) is 0 Å². The van der Waals surface area contributed by atoms with E-state index in [1.54, 1.807) is 36.4 Å². The van der Waals surface area contributed by atoms with E-state index < -0.39 is 0 Å². The first-order valence-corrected chi connectivity index (χ1v) is 13.7. The van der Waals surface area contributed by atoms with Crippen LogP contribution in [0.15, 0.2) is 106 Å². The maximum Gasteiger partial charge on any atom is 0.143 e. The molecule has 0 saturated carbocycles. The second-order valence-corrected chi connectivity index (χ2v) is 10.4. The number of nitrogens with two attached hydrogens (primary N) is 1. The lowest BCUT2D eigenvalue weighted by Crippen LogP contribution is -2.21. The van der Waals surface area contributed by atoms with Gasteiger partial charge in [-0.15, -0.1) is 18.0 Å². The third kappa shape index (κ3) is 12.3. The normalized spacial score (nSPS) is 10.2. The number of phenolic OH excluding ortho intramolecular Hbond substituents is 2. The zero-order valence-corrected chi connectivity index (χ0v) is 24.7. The predicted octanol–water partition coefficient (Wildman–Crippen LogP) is 8.09. The summed E-state index contributed by atoms with van der Waals surface area (Å²) in [6.07, 6.45) is 12.5. The summed E-state index contributed by atoms with van der Waals surface area (Å²) in [4.78, 5) is 0. The number of aromatic hydroxyl groups is 2. The smallest absolute Gasteiger partial charge is 0.143 e. The van der Waals surface area contributed by atoms with E-state index >= 15 is 0 Å². The van der Waals surface area contributed by atoms with E-state index in [0.717, 1.165) is 29.5 Å². The summed E-state index contributed by atoms with van der Waals surface area (Å²) < 4.78 is 0. The number of phenols is 2. The summed E-state index contributed by atoms with van der Waals surface area (Å²) in [7, 11) is 0. The molecule has 6 nitrogen and oxygen atoms in total.